The molecule has 2 aromatic carbocycles. The van der Waals surface area contributed by atoms with E-state index in [2.05, 4.69) is 46.6 Å². The lowest BCUT2D eigenvalue weighted by Crippen LogP contribution is -3.00. The Morgan fingerprint density at radius 1 is 0.913 bits per heavy atom. The van der Waals surface area contributed by atoms with Crippen LogP contribution in [0.2, 0.25) is 0 Å². The number of aromatic nitrogens is 3. The second-order valence-electron chi connectivity index (χ2n) is 5.10. The van der Waals surface area contributed by atoms with Gasteiger partial charge in [0, 0.05) is 0 Å². The van der Waals surface area contributed by atoms with E-state index in [1.54, 1.807) is 11.8 Å². The number of fused-ring (bicyclic) bond motifs is 1. The van der Waals surface area contributed by atoms with Gasteiger partial charge in [-0.2, -0.15) is 9.78 Å². The quantitative estimate of drug-likeness (QED) is 0.689. The Balaban J connectivity index is 0.00000156. The summed E-state index contributed by atoms with van der Waals surface area (Å²) in [5.74, 6) is 0.808. The van der Waals surface area contributed by atoms with Gasteiger partial charge in [-0.3, -0.25) is 0 Å². The van der Waals surface area contributed by atoms with Gasteiger partial charge in [0.05, 0.1) is 11.0 Å². The third-order valence-corrected chi connectivity index (χ3v) is 4.82. The predicted octanol–water partition coefficient (Wildman–Crippen LogP) is 0.690. The van der Waals surface area contributed by atoms with Crippen molar-refractivity contribution in [2.75, 3.05) is 0 Å². The van der Waals surface area contributed by atoms with Crippen LogP contribution in [-0.4, -0.2) is 20.6 Å². The number of halogens is 1. The molecule has 0 saturated carbocycles. The lowest BCUT2D eigenvalue weighted by atomic mass is 10.0. The molecule has 0 radical (unpaired) electrons. The molecule has 0 fully saturated rings. The van der Waals surface area contributed by atoms with Crippen LogP contribution in [-0.2, 0) is 0 Å². The topological polar surface area (TPSA) is 43.1 Å². The first-order chi connectivity index (χ1) is 10.8. The first kappa shape index (κ1) is 15.8. The van der Waals surface area contributed by atoms with Crippen molar-refractivity contribution in [3.05, 3.63) is 77.6 Å². The molecule has 0 saturated heterocycles. The first-order valence-corrected chi connectivity index (χ1v) is 7.99. The Labute approximate surface area is 145 Å². The van der Waals surface area contributed by atoms with Crippen LogP contribution >= 0.6 is 11.8 Å². The van der Waals surface area contributed by atoms with Crippen molar-refractivity contribution >= 4 is 17.5 Å². The van der Waals surface area contributed by atoms with E-state index in [9.17, 15) is 0 Å². The van der Waals surface area contributed by atoms with Crippen molar-refractivity contribution in [2.45, 2.75) is 17.3 Å². The zero-order valence-corrected chi connectivity index (χ0v) is 14.0. The molecule has 0 bridgehead atoms. The minimum atomic E-state index is 0. The Morgan fingerprint density at radius 3 is 2.26 bits per heavy atom. The molecule has 1 atom stereocenters. The number of nitrogens with zero attached hydrogens (tertiary/aromatic N) is 4. The average molecular weight is 342 g/mol. The van der Waals surface area contributed by atoms with Gasteiger partial charge in [0.25, 0.3) is 0 Å². The van der Waals surface area contributed by atoms with Crippen LogP contribution in [0.4, 0.5) is 0 Å². The summed E-state index contributed by atoms with van der Waals surface area (Å²) in [6, 6.07) is 20.7. The molecule has 3 aromatic rings. The number of hydrogen-bond donors (Lipinski definition) is 0. The second-order valence-corrected chi connectivity index (χ2v) is 6.17. The van der Waals surface area contributed by atoms with Crippen LogP contribution in [0.15, 0.2) is 70.9 Å². The van der Waals surface area contributed by atoms with Gasteiger partial charge in [0.1, 0.15) is 0 Å². The van der Waals surface area contributed by atoms with Crippen LogP contribution in [0.3, 0.4) is 0 Å². The number of hydrogen-bond acceptors (Lipinski definition) is 4. The first-order valence-electron chi connectivity index (χ1n) is 7.11. The van der Waals surface area contributed by atoms with E-state index >= 15 is 0 Å². The number of rotatable bonds is 2. The maximum absolute atomic E-state index is 4.82. The fourth-order valence-corrected chi connectivity index (χ4v) is 3.68. The highest BCUT2D eigenvalue weighted by atomic mass is 35.5. The van der Waals surface area contributed by atoms with Gasteiger partial charge in [-0.15, -0.1) is 10.2 Å². The van der Waals surface area contributed by atoms with E-state index in [-0.39, 0.29) is 17.7 Å². The Morgan fingerprint density at radius 2 is 1.57 bits per heavy atom. The van der Waals surface area contributed by atoms with Gasteiger partial charge >= 0.3 is 0 Å². The van der Waals surface area contributed by atoms with Gasteiger partial charge in [0.2, 0.25) is 5.16 Å². The Kier molecular flexibility index (Phi) is 4.50. The number of aryl methyl sites for hydroxylation is 1. The van der Waals surface area contributed by atoms with Crippen LogP contribution in [0, 0.1) is 6.92 Å². The van der Waals surface area contributed by atoms with Gasteiger partial charge in [-0.05, 0) is 18.1 Å². The molecule has 1 aliphatic rings. The maximum atomic E-state index is 4.82. The normalized spacial score (nSPS) is 16.2. The summed E-state index contributed by atoms with van der Waals surface area (Å²) in [7, 11) is 0. The molecule has 0 amide bonds. The molecule has 6 heteroatoms. The van der Waals surface area contributed by atoms with Crippen LogP contribution in [0.5, 0.6) is 0 Å². The summed E-state index contributed by atoms with van der Waals surface area (Å²) in [4.78, 5) is 0. The molecule has 0 aliphatic carbocycles. The monoisotopic (exact) mass is 341 g/mol. The minimum absolute atomic E-state index is 0. The van der Waals surface area contributed by atoms with Crippen molar-refractivity contribution in [1.82, 2.24) is 14.9 Å². The van der Waals surface area contributed by atoms with E-state index in [1.807, 2.05) is 35.9 Å². The molecule has 1 aliphatic heterocycles. The molecule has 0 N–H and O–H groups in total. The van der Waals surface area contributed by atoms with E-state index < -0.39 is 0 Å². The maximum Gasteiger partial charge on any atom is 0.213 e. The number of benzene rings is 2. The fraction of sp³-hybridized carbons (Fsp3) is 0.118. The highest BCUT2D eigenvalue weighted by Gasteiger charge is 2.29. The molecule has 4 nitrogen and oxygen atoms in total. The SMILES string of the molecule is Cc1nnc2n1N=C(c1ccccc1)C(c1ccccc1)S2.[Cl-]. The summed E-state index contributed by atoms with van der Waals surface area (Å²) in [6.45, 7) is 1.92. The summed E-state index contributed by atoms with van der Waals surface area (Å²) in [5, 5.41) is 14.2. The van der Waals surface area contributed by atoms with Crippen molar-refractivity contribution in [1.29, 1.82) is 0 Å². The summed E-state index contributed by atoms with van der Waals surface area (Å²) in [6.07, 6.45) is 0. The molecule has 1 unspecified atom stereocenters. The highest BCUT2D eigenvalue weighted by Crippen LogP contribution is 2.40. The van der Waals surface area contributed by atoms with Crippen LogP contribution in [0.1, 0.15) is 22.2 Å². The van der Waals surface area contributed by atoms with Crippen molar-refractivity contribution in [2.24, 2.45) is 5.10 Å². The molecule has 4 rings (SSSR count). The summed E-state index contributed by atoms with van der Waals surface area (Å²) in [5.41, 5.74) is 3.39. The minimum Gasteiger partial charge on any atom is -1.00 e. The molecular weight excluding hydrogens is 328 g/mol. The predicted molar refractivity (Wildman–Crippen MR) is 88.2 cm³/mol. The Bertz CT molecular complexity index is 830. The average Bonchev–Trinajstić information content (AvgIpc) is 2.96. The molecule has 116 valence electrons. The lowest BCUT2D eigenvalue weighted by molar-refractivity contribution is -0.00000450. The largest absolute Gasteiger partial charge is 1.00 e. The lowest BCUT2D eigenvalue weighted by Gasteiger charge is -2.23. The fourth-order valence-electron chi connectivity index (χ4n) is 2.52. The van der Waals surface area contributed by atoms with Crippen molar-refractivity contribution < 1.29 is 12.4 Å². The molecule has 0 spiro atoms. The van der Waals surface area contributed by atoms with E-state index in [4.69, 9.17) is 5.10 Å². The molecular formula is C17H14ClN4S-. The Hall–Kier alpha value is -2.11. The third-order valence-electron chi connectivity index (χ3n) is 3.62. The van der Waals surface area contributed by atoms with Gasteiger partial charge in [-0.25, -0.2) is 0 Å². The molecule has 2 heterocycles. The van der Waals surface area contributed by atoms with Crippen molar-refractivity contribution in [3.63, 3.8) is 0 Å². The van der Waals surface area contributed by atoms with Gasteiger partial charge < -0.3 is 12.4 Å². The summed E-state index contributed by atoms with van der Waals surface area (Å²) < 4.78 is 1.83. The zero-order chi connectivity index (χ0) is 14.9. The second kappa shape index (κ2) is 6.56. The summed E-state index contributed by atoms with van der Waals surface area (Å²) >= 11 is 1.69. The number of thioether (sulfide) groups is 1. The van der Waals surface area contributed by atoms with Gasteiger partial charge in [-0.1, -0.05) is 72.4 Å². The van der Waals surface area contributed by atoms with Crippen molar-refractivity contribution in [3.8, 4) is 0 Å². The van der Waals surface area contributed by atoms with Crippen LogP contribution < -0.4 is 12.4 Å². The third kappa shape index (κ3) is 2.90. The molecule has 1 aromatic heterocycles. The van der Waals surface area contributed by atoms with Gasteiger partial charge in [0.15, 0.2) is 5.82 Å². The standard InChI is InChI=1S/C17H14N4S.ClH/c1-12-18-19-17-21(12)20-15(13-8-4-2-5-9-13)16(22-17)14-10-6-3-7-11-14;/h2-11,16H,1H3;1H/p-1. The van der Waals surface area contributed by atoms with E-state index in [1.165, 1.54) is 5.56 Å². The van der Waals surface area contributed by atoms with E-state index in [0.29, 0.717) is 0 Å². The van der Waals surface area contributed by atoms with E-state index in [0.717, 1.165) is 22.3 Å². The molecule has 23 heavy (non-hydrogen) atoms. The highest BCUT2D eigenvalue weighted by molar-refractivity contribution is 8.00. The smallest absolute Gasteiger partial charge is 0.213 e. The zero-order valence-electron chi connectivity index (χ0n) is 12.4. The van der Waals surface area contributed by atoms with Crippen LogP contribution in [0.25, 0.3) is 0 Å².